The summed E-state index contributed by atoms with van der Waals surface area (Å²) in [4.78, 5) is 0. The maximum absolute atomic E-state index is 4.91. The number of hydrogen-bond acceptors (Lipinski definition) is 0. The zero-order chi connectivity index (χ0) is 9.36. The molecule has 0 aromatic carbocycles. The average Bonchev–Trinajstić information content (AvgIpc) is 2.11. The molecule has 1 aliphatic rings. The van der Waals surface area contributed by atoms with Crippen molar-refractivity contribution in [1.29, 1.82) is 0 Å². The van der Waals surface area contributed by atoms with Crippen molar-refractivity contribution < 1.29 is 15.5 Å². The molecule has 0 aromatic heterocycles. The van der Waals surface area contributed by atoms with Gasteiger partial charge in [0, 0.05) is 0 Å². The van der Waals surface area contributed by atoms with E-state index in [2.05, 4.69) is 30.4 Å². The predicted molar refractivity (Wildman–Crippen MR) is 54.1 cm³/mol. The maximum atomic E-state index is 4.91. The van der Waals surface area contributed by atoms with Gasteiger partial charge in [0.2, 0.25) is 0 Å². The molecular weight excluding hydrogens is 203 g/mol. The number of hydrogen-bond donors (Lipinski definition) is 0. The fourth-order valence-corrected chi connectivity index (χ4v) is 1.64. The molecule has 0 amide bonds. The zero-order valence-electron chi connectivity index (χ0n) is 7.95. The fourth-order valence-electron chi connectivity index (χ4n) is 1.38. The van der Waals surface area contributed by atoms with Crippen molar-refractivity contribution in [2.75, 3.05) is 0 Å². The molecule has 0 unspecified atom stereocenters. The van der Waals surface area contributed by atoms with Gasteiger partial charge in [0.15, 0.2) is 0 Å². The van der Waals surface area contributed by atoms with E-state index in [1.807, 2.05) is 0 Å². The molecule has 0 spiro atoms. The van der Waals surface area contributed by atoms with Crippen LogP contribution >= 0.6 is 0 Å². The van der Waals surface area contributed by atoms with Gasteiger partial charge in [-0.05, 0) is 0 Å². The molecule has 0 radical (unpaired) electrons. The summed E-state index contributed by atoms with van der Waals surface area (Å²) >= 11 is 4.91. The topological polar surface area (TPSA) is 0 Å². The van der Waals surface area contributed by atoms with Gasteiger partial charge in [-0.2, -0.15) is 0 Å². The molecule has 0 saturated carbocycles. The van der Waals surface area contributed by atoms with Gasteiger partial charge >= 0.3 is 88.9 Å². The summed E-state index contributed by atoms with van der Waals surface area (Å²) < 4.78 is 1.13. The Labute approximate surface area is 89.2 Å². The van der Waals surface area contributed by atoms with E-state index in [0.717, 1.165) is 11.0 Å². The molecule has 0 aromatic rings. The molecule has 75 valence electrons. The second-order valence-electron chi connectivity index (χ2n) is 3.34. The van der Waals surface area contributed by atoms with E-state index in [0.29, 0.717) is 0 Å². The Bertz CT molecular complexity index is 211. The van der Waals surface area contributed by atoms with E-state index >= 15 is 0 Å². The van der Waals surface area contributed by atoms with Crippen LogP contribution in [0.15, 0.2) is 34.9 Å². The van der Waals surface area contributed by atoms with Crippen LogP contribution in [0, 0.1) is 0 Å². The minimum absolute atomic E-state index is 1.11. The molecule has 0 nitrogen and oxygen atoms in total. The summed E-state index contributed by atoms with van der Waals surface area (Å²) in [7, 11) is 0. The first-order valence-corrected chi connectivity index (χ1v) is 5.54. The van der Waals surface area contributed by atoms with E-state index < -0.39 is 0 Å². The molecule has 0 N–H and O–H groups in total. The van der Waals surface area contributed by atoms with Crippen LogP contribution in [-0.2, 0) is 15.5 Å². The summed E-state index contributed by atoms with van der Waals surface area (Å²) in [6, 6.07) is 0. The Balaban J connectivity index is 2.45. The van der Waals surface area contributed by atoms with Crippen molar-refractivity contribution in [2.24, 2.45) is 0 Å². The normalized spacial score (nSPS) is 20.3. The van der Waals surface area contributed by atoms with Gasteiger partial charge in [0.1, 0.15) is 0 Å². The SMILES string of the molecule is [Ni][C]1=CC=CC=CCCCCCC1. The summed E-state index contributed by atoms with van der Waals surface area (Å²) in [5, 5.41) is 0. The first-order valence-electron chi connectivity index (χ1n) is 5.04. The Kier molecular flexibility index (Phi) is 5.93. The van der Waals surface area contributed by atoms with Crippen molar-refractivity contribution in [1.82, 2.24) is 0 Å². The van der Waals surface area contributed by atoms with Crippen molar-refractivity contribution in [3.05, 3.63) is 34.9 Å². The van der Waals surface area contributed by atoms with Crippen LogP contribution in [0.3, 0.4) is 0 Å². The third-order valence-corrected chi connectivity index (χ3v) is 2.56. The summed E-state index contributed by atoms with van der Waals surface area (Å²) in [6.07, 6.45) is 18.1. The molecular formula is C12H17Ni. The van der Waals surface area contributed by atoms with Gasteiger partial charge in [0.05, 0.1) is 0 Å². The van der Waals surface area contributed by atoms with Gasteiger partial charge in [0.25, 0.3) is 0 Å². The number of allylic oxidation sites excluding steroid dienone is 6. The Morgan fingerprint density at radius 2 is 1.77 bits per heavy atom. The molecule has 0 atom stereocenters. The van der Waals surface area contributed by atoms with Gasteiger partial charge in [-0.3, -0.25) is 0 Å². The van der Waals surface area contributed by atoms with Crippen LogP contribution in [0.1, 0.15) is 38.5 Å². The van der Waals surface area contributed by atoms with Crippen LogP contribution in [0.5, 0.6) is 0 Å². The fraction of sp³-hybridized carbons (Fsp3) is 0.500. The second-order valence-corrected chi connectivity index (χ2v) is 3.97. The molecule has 1 aliphatic carbocycles. The molecule has 0 aliphatic heterocycles. The van der Waals surface area contributed by atoms with Crippen LogP contribution in [0.4, 0.5) is 0 Å². The molecule has 0 heterocycles. The molecule has 13 heavy (non-hydrogen) atoms. The summed E-state index contributed by atoms with van der Waals surface area (Å²) in [6.45, 7) is 0. The monoisotopic (exact) mass is 219 g/mol. The van der Waals surface area contributed by atoms with E-state index in [9.17, 15) is 0 Å². The Morgan fingerprint density at radius 1 is 0.923 bits per heavy atom. The first kappa shape index (κ1) is 10.8. The predicted octanol–water partition coefficient (Wildman–Crippen LogP) is 3.88. The van der Waals surface area contributed by atoms with Crippen LogP contribution < -0.4 is 0 Å². The molecule has 0 saturated heterocycles. The standard InChI is InChI=1S/C12H17.Ni/c1-2-4-6-8-10-12-11-9-7-5-3-1;/h1-5H,6,8-12H2;. The third-order valence-electron chi connectivity index (χ3n) is 2.15. The number of rotatable bonds is 0. The second kappa shape index (κ2) is 7.15. The van der Waals surface area contributed by atoms with Crippen molar-refractivity contribution in [2.45, 2.75) is 38.5 Å². The average molecular weight is 220 g/mol. The van der Waals surface area contributed by atoms with Crippen molar-refractivity contribution in [3.8, 4) is 0 Å². The Hall–Kier alpha value is -0.286. The van der Waals surface area contributed by atoms with E-state index in [1.165, 1.54) is 32.1 Å². The minimum atomic E-state index is 1.11. The van der Waals surface area contributed by atoms with Crippen LogP contribution in [-0.4, -0.2) is 0 Å². The van der Waals surface area contributed by atoms with Crippen LogP contribution in [0.2, 0.25) is 0 Å². The van der Waals surface area contributed by atoms with Gasteiger partial charge in [-0.15, -0.1) is 0 Å². The van der Waals surface area contributed by atoms with E-state index in [4.69, 9.17) is 15.5 Å². The zero-order valence-corrected chi connectivity index (χ0v) is 8.93. The van der Waals surface area contributed by atoms with Gasteiger partial charge in [-0.1, -0.05) is 0 Å². The Morgan fingerprint density at radius 3 is 2.69 bits per heavy atom. The van der Waals surface area contributed by atoms with E-state index in [1.54, 1.807) is 0 Å². The first-order chi connectivity index (χ1) is 6.39. The van der Waals surface area contributed by atoms with Crippen molar-refractivity contribution in [3.63, 3.8) is 0 Å². The third kappa shape index (κ3) is 5.88. The van der Waals surface area contributed by atoms with E-state index in [-0.39, 0.29) is 0 Å². The van der Waals surface area contributed by atoms with Crippen molar-refractivity contribution >= 4 is 0 Å². The molecule has 1 rings (SSSR count). The summed E-state index contributed by atoms with van der Waals surface area (Å²) in [5.41, 5.74) is 0. The van der Waals surface area contributed by atoms with Gasteiger partial charge in [-0.25, -0.2) is 0 Å². The van der Waals surface area contributed by atoms with Gasteiger partial charge < -0.3 is 0 Å². The van der Waals surface area contributed by atoms with Crippen LogP contribution in [0.25, 0.3) is 0 Å². The molecule has 1 heteroatoms. The molecule has 0 bridgehead atoms. The quantitative estimate of drug-likeness (QED) is 0.543. The summed E-state index contributed by atoms with van der Waals surface area (Å²) in [5.74, 6) is 0. The molecule has 0 fully saturated rings.